The molecule has 0 aliphatic rings. The van der Waals surface area contributed by atoms with E-state index in [9.17, 15) is 4.79 Å². The molecular weight excluding hydrogens is 236 g/mol. The maximum Gasteiger partial charge on any atom is 0.241 e. The Morgan fingerprint density at radius 2 is 2.06 bits per heavy atom. The molecule has 0 aliphatic heterocycles. The first-order chi connectivity index (χ1) is 7.54. The van der Waals surface area contributed by atoms with Crippen LogP contribution in [0.4, 0.5) is 5.69 Å². The average Bonchev–Trinajstić information content (AvgIpc) is 2.28. The summed E-state index contributed by atoms with van der Waals surface area (Å²) in [7, 11) is 0. The smallest absolute Gasteiger partial charge is 0.241 e. The minimum Gasteiger partial charge on any atom is -0.325 e. The number of hydrogen-bond donors (Lipinski definition) is 2. The molecule has 17 heavy (non-hydrogen) atoms. The Balaban J connectivity index is 0.00000256. The predicted molar refractivity (Wildman–Crippen MR) is 74.7 cm³/mol. The number of carbonyl (C=O) groups is 1. The topological polar surface area (TPSA) is 55.1 Å². The summed E-state index contributed by atoms with van der Waals surface area (Å²) in [6.07, 6.45) is 0.649. The second-order valence-corrected chi connectivity index (χ2v) is 4.28. The minimum atomic E-state index is -0.428. The Labute approximate surface area is 109 Å². The van der Waals surface area contributed by atoms with E-state index in [4.69, 9.17) is 5.73 Å². The van der Waals surface area contributed by atoms with Gasteiger partial charge in [-0.05, 0) is 30.0 Å². The number of nitrogens with two attached hydrogens (primary N) is 1. The number of carbonyl (C=O) groups excluding carboxylic acids is 1. The third-order valence-corrected chi connectivity index (χ3v) is 2.60. The molecule has 3 N–H and O–H groups in total. The molecule has 4 heteroatoms. The fourth-order valence-corrected chi connectivity index (χ4v) is 1.40. The van der Waals surface area contributed by atoms with Gasteiger partial charge in [-0.15, -0.1) is 12.4 Å². The zero-order valence-corrected chi connectivity index (χ0v) is 11.4. The van der Waals surface area contributed by atoms with Crippen molar-refractivity contribution < 1.29 is 4.79 Å². The third-order valence-electron chi connectivity index (χ3n) is 2.60. The molecule has 0 bridgehead atoms. The summed E-state index contributed by atoms with van der Waals surface area (Å²) < 4.78 is 0. The van der Waals surface area contributed by atoms with E-state index in [1.165, 1.54) is 5.56 Å². The zero-order valence-electron chi connectivity index (χ0n) is 10.6. The minimum absolute atomic E-state index is 0. The van der Waals surface area contributed by atoms with Gasteiger partial charge in [0.25, 0.3) is 0 Å². The van der Waals surface area contributed by atoms with Gasteiger partial charge in [0, 0.05) is 5.69 Å². The molecule has 0 fully saturated rings. The molecule has 0 saturated heterocycles. The Bertz CT molecular complexity index is 366. The first-order valence-corrected chi connectivity index (χ1v) is 5.71. The number of nitrogens with one attached hydrogen (secondary N) is 1. The van der Waals surface area contributed by atoms with Crippen molar-refractivity contribution in [3.63, 3.8) is 0 Å². The molecular formula is C13H21ClN2O. The van der Waals surface area contributed by atoms with Gasteiger partial charge in [0.05, 0.1) is 6.04 Å². The molecule has 1 aromatic carbocycles. The summed E-state index contributed by atoms with van der Waals surface area (Å²) in [5.74, 6) is 0.333. The first-order valence-electron chi connectivity index (χ1n) is 5.71. The molecule has 3 nitrogen and oxygen atoms in total. The lowest BCUT2D eigenvalue weighted by Gasteiger charge is -2.12. The highest BCUT2D eigenvalue weighted by atomic mass is 35.5. The van der Waals surface area contributed by atoms with Gasteiger partial charge in [0.2, 0.25) is 5.91 Å². The Kier molecular flexibility index (Phi) is 6.85. The van der Waals surface area contributed by atoms with Crippen molar-refractivity contribution in [1.29, 1.82) is 0 Å². The van der Waals surface area contributed by atoms with E-state index < -0.39 is 6.04 Å². The lowest BCUT2D eigenvalue weighted by molar-refractivity contribution is -0.117. The van der Waals surface area contributed by atoms with Gasteiger partial charge in [-0.25, -0.2) is 0 Å². The van der Waals surface area contributed by atoms with Crippen LogP contribution in [0.3, 0.4) is 0 Å². The normalized spacial score (nSPS) is 11.8. The second kappa shape index (κ2) is 7.30. The Morgan fingerprint density at radius 1 is 1.41 bits per heavy atom. The van der Waals surface area contributed by atoms with Crippen LogP contribution in [0.1, 0.15) is 38.7 Å². The molecule has 0 spiro atoms. The number of hydrogen-bond acceptors (Lipinski definition) is 2. The highest BCUT2D eigenvalue weighted by Crippen LogP contribution is 2.18. The monoisotopic (exact) mass is 256 g/mol. The molecule has 0 aromatic heterocycles. The van der Waals surface area contributed by atoms with Gasteiger partial charge in [-0.2, -0.15) is 0 Å². The summed E-state index contributed by atoms with van der Waals surface area (Å²) >= 11 is 0. The van der Waals surface area contributed by atoms with Gasteiger partial charge in [0.15, 0.2) is 0 Å². The number of rotatable bonds is 4. The van der Waals surface area contributed by atoms with E-state index >= 15 is 0 Å². The van der Waals surface area contributed by atoms with Crippen LogP contribution in [0.5, 0.6) is 0 Å². The van der Waals surface area contributed by atoms with Crippen molar-refractivity contribution in [2.75, 3.05) is 5.32 Å². The Morgan fingerprint density at radius 3 is 2.59 bits per heavy atom. The van der Waals surface area contributed by atoms with Crippen molar-refractivity contribution in [3.8, 4) is 0 Å². The van der Waals surface area contributed by atoms with Crippen molar-refractivity contribution >= 4 is 24.0 Å². The first kappa shape index (κ1) is 15.9. The zero-order chi connectivity index (χ0) is 12.1. The molecule has 1 rings (SSSR count). The predicted octanol–water partition coefficient (Wildman–Crippen LogP) is 2.91. The highest BCUT2D eigenvalue weighted by Gasteiger charge is 2.11. The van der Waals surface area contributed by atoms with Gasteiger partial charge in [0.1, 0.15) is 0 Å². The number of amides is 1. The lowest BCUT2D eigenvalue weighted by atomic mass is 10.0. The summed E-state index contributed by atoms with van der Waals surface area (Å²) in [6.45, 7) is 6.15. The van der Waals surface area contributed by atoms with Crippen LogP contribution in [-0.2, 0) is 4.79 Å². The van der Waals surface area contributed by atoms with Crippen LogP contribution in [0.2, 0.25) is 0 Å². The number of benzene rings is 1. The standard InChI is InChI=1S/C13H20N2O.ClH/c1-4-12(14)13(16)15-11-7-5-6-10(8-11)9(2)3;/h5-9,12H,4,14H2,1-3H3,(H,15,16);1H/t12-;/m0./s1. The van der Waals surface area contributed by atoms with Gasteiger partial charge in [-0.3, -0.25) is 4.79 Å². The lowest BCUT2D eigenvalue weighted by Crippen LogP contribution is -2.34. The van der Waals surface area contributed by atoms with Gasteiger partial charge >= 0.3 is 0 Å². The van der Waals surface area contributed by atoms with E-state index in [0.717, 1.165) is 5.69 Å². The van der Waals surface area contributed by atoms with E-state index in [2.05, 4.69) is 25.2 Å². The Hall–Kier alpha value is -1.06. The van der Waals surface area contributed by atoms with E-state index in [0.29, 0.717) is 12.3 Å². The largest absolute Gasteiger partial charge is 0.325 e. The van der Waals surface area contributed by atoms with E-state index in [1.807, 2.05) is 25.1 Å². The molecule has 1 atom stereocenters. The highest BCUT2D eigenvalue weighted by molar-refractivity contribution is 5.94. The maximum atomic E-state index is 11.6. The molecule has 0 heterocycles. The molecule has 1 amide bonds. The SMILES string of the molecule is CC[C@H](N)C(=O)Nc1cccc(C(C)C)c1.Cl. The van der Waals surface area contributed by atoms with Crippen molar-refractivity contribution in [3.05, 3.63) is 29.8 Å². The van der Waals surface area contributed by atoms with Crippen LogP contribution in [0, 0.1) is 0 Å². The second-order valence-electron chi connectivity index (χ2n) is 4.28. The molecule has 0 unspecified atom stereocenters. The van der Waals surface area contributed by atoms with E-state index in [-0.39, 0.29) is 18.3 Å². The van der Waals surface area contributed by atoms with Gasteiger partial charge in [-0.1, -0.05) is 32.9 Å². The van der Waals surface area contributed by atoms with Crippen molar-refractivity contribution in [2.45, 2.75) is 39.2 Å². The summed E-state index contributed by atoms with van der Waals surface area (Å²) in [5.41, 5.74) is 7.68. The summed E-state index contributed by atoms with van der Waals surface area (Å²) in [6, 6.07) is 7.45. The van der Waals surface area contributed by atoms with Crippen LogP contribution < -0.4 is 11.1 Å². The van der Waals surface area contributed by atoms with Crippen LogP contribution in [0.25, 0.3) is 0 Å². The molecule has 0 aliphatic carbocycles. The van der Waals surface area contributed by atoms with Crippen molar-refractivity contribution in [1.82, 2.24) is 0 Å². The van der Waals surface area contributed by atoms with Crippen molar-refractivity contribution in [2.24, 2.45) is 5.73 Å². The quantitative estimate of drug-likeness (QED) is 0.870. The number of halogens is 1. The fourth-order valence-electron chi connectivity index (χ4n) is 1.40. The fraction of sp³-hybridized carbons (Fsp3) is 0.462. The number of anilines is 1. The molecule has 96 valence electrons. The molecule has 0 saturated carbocycles. The average molecular weight is 257 g/mol. The van der Waals surface area contributed by atoms with Crippen LogP contribution in [0.15, 0.2) is 24.3 Å². The van der Waals surface area contributed by atoms with Crippen LogP contribution in [-0.4, -0.2) is 11.9 Å². The molecule has 0 radical (unpaired) electrons. The summed E-state index contributed by atoms with van der Waals surface area (Å²) in [4.78, 5) is 11.6. The van der Waals surface area contributed by atoms with Gasteiger partial charge < -0.3 is 11.1 Å². The summed E-state index contributed by atoms with van der Waals surface area (Å²) in [5, 5.41) is 2.82. The van der Waals surface area contributed by atoms with Crippen LogP contribution >= 0.6 is 12.4 Å². The van der Waals surface area contributed by atoms with E-state index in [1.54, 1.807) is 0 Å². The molecule has 1 aromatic rings. The third kappa shape index (κ3) is 4.75. The maximum absolute atomic E-state index is 11.6.